The van der Waals surface area contributed by atoms with E-state index < -0.39 is 5.91 Å². The topological polar surface area (TPSA) is 82.4 Å². The van der Waals surface area contributed by atoms with Crippen LogP contribution >= 0.6 is 0 Å². The number of carbonyl (C=O) groups excluding carboxylic acids is 2. The number of primary amides is 1. The first kappa shape index (κ1) is 22.2. The number of aryl methyl sites for hydroxylation is 2. The lowest BCUT2D eigenvalue weighted by Gasteiger charge is -2.20. The first-order valence-electron chi connectivity index (χ1n) is 11.8. The fourth-order valence-corrected chi connectivity index (χ4v) is 4.85. The van der Waals surface area contributed by atoms with Crippen molar-refractivity contribution in [2.24, 2.45) is 5.73 Å². The smallest absolute Gasteiger partial charge is 0.253 e. The fraction of sp³-hybridized carbons (Fsp3) is 0.286. The van der Waals surface area contributed by atoms with Crippen molar-refractivity contribution in [2.75, 3.05) is 33.2 Å². The second-order valence-corrected chi connectivity index (χ2v) is 9.44. The fourth-order valence-electron chi connectivity index (χ4n) is 4.85. The van der Waals surface area contributed by atoms with Gasteiger partial charge in [0.15, 0.2) is 0 Å². The van der Waals surface area contributed by atoms with Crippen LogP contribution in [0.2, 0.25) is 0 Å². The molecule has 1 fully saturated rings. The summed E-state index contributed by atoms with van der Waals surface area (Å²) in [6, 6.07) is 15.9. The van der Waals surface area contributed by atoms with Gasteiger partial charge in [-0.1, -0.05) is 18.2 Å². The maximum Gasteiger partial charge on any atom is 0.253 e. The first-order valence-corrected chi connectivity index (χ1v) is 11.8. The van der Waals surface area contributed by atoms with E-state index in [4.69, 9.17) is 5.73 Å². The molecule has 1 aliphatic rings. The third-order valence-electron chi connectivity index (χ3n) is 7.07. The van der Waals surface area contributed by atoms with Crippen molar-refractivity contribution in [3.05, 3.63) is 70.8 Å². The molecular weight excluding hydrogens is 424 g/mol. The number of H-pyrrole nitrogens is 1. The monoisotopic (exact) mass is 454 g/mol. The van der Waals surface area contributed by atoms with Gasteiger partial charge in [0.05, 0.1) is 11.1 Å². The molecule has 0 unspecified atom stereocenters. The minimum atomic E-state index is -0.479. The Morgan fingerprint density at radius 1 is 0.853 bits per heavy atom. The molecule has 1 aromatic heterocycles. The Hall–Kier alpha value is -3.64. The van der Waals surface area contributed by atoms with Crippen molar-refractivity contribution in [3.8, 4) is 11.1 Å². The molecule has 5 rings (SSSR count). The van der Waals surface area contributed by atoms with Crippen LogP contribution in [0.5, 0.6) is 0 Å². The summed E-state index contributed by atoms with van der Waals surface area (Å²) in [4.78, 5) is 33.2. The molecule has 6 heteroatoms. The molecule has 174 valence electrons. The zero-order chi connectivity index (χ0) is 24.0. The van der Waals surface area contributed by atoms with E-state index >= 15 is 0 Å². The van der Waals surface area contributed by atoms with Gasteiger partial charge in [0.1, 0.15) is 0 Å². The molecule has 1 saturated heterocycles. The highest BCUT2D eigenvalue weighted by Gasteiger charge is 2.21. The van der Waals surface area contributed by atoms with E-state index in [2.05, 4.69) is 55.0 Å². The molecule has 0 spiro atoms. The summed E-state index contributed by atoms with van der Waals surface area (Å²) in [5, 5.41) is 1.81. The molecular formula is C28H30N4O2. The Morgan fingerprint density at radius 3 is 2.44 bits per heavy atom. The number of hydrogen-bond acceptors (Lipinski definition) is 3. The maximum absolute atomic E-state index is 13.3. The zero-order valence-corrected chi connectivity index (χ0v) is 19.9. The molecule has 1 aliphatic heterocycles. The second kappa shape index (κ2) is 8.61. The Balaban J connectivity index is 1.64. The van der Waals surface area contributed by atoms with E-state index in [1.165, 1.54) is 11.1 Å². The lowest BCUT2D eigenvalue weighted by atomic mass is 9.96. The van der Waals surface area contributed by atoms with Crippen LogP contribution in [0.15, 0.2) is 48.5 Å². The summed E-state index contributed by atoms with van der Waals surface area (Å²) < 4.78 is 0. The van der Waals surface area contributed by atoms with Crippen molar-refractivity contribution in [2.45, 2.75) is 20.3 Å². The van der Waals surface area contributed by atoms with Crippen LogP contribution in [0, 0.1) is 13.8 Å². The number of rotatable bonds is 3. The summed E-state index contributed by atoms with van der Waals surface area (Å²) in [5.41, 5.74) is 12.8. The number of fused-ring (bicyclic) bond motifs is 3. The number of carbonyl (C=O) groups is 2. The number of aromatic nitrogens is 1. The van der Waals surface area contributed by atoms with Crippen LogP contribution < -0.4 is 5.73 Å². The number of benzene rings is 3. The molecule has 2 heterocycles. The van der Waals surface area contributed by atoms with Crippen molar-refractivity contribution in [3.63, 3.8) is 0 Å². The van der Waals surface area contributed by atoms with Crippen molar-refractivity contribution < 1.29 is 9.59 Å². The van der Waals surface area contributed by atoms with Gasteiger partial charge in [-0.3, -0.25) is 9.59 Å². The molecule has 0 saturated carbocycles. The van der Waals surface area contributed by atoms with Crippen LogP contribution in [0.4, 0.5) is 0 Å². The van der Waals surface area contributed by atoms with Gasteiger partial charge in [0, 0.05) is 41.5 Å². The van der Waals surface area contributed by atoms with Crippen molar-refractivity contribution >= 4 is 33.6 Å². The lowest BCUT2D eigenvalue weighted by Crippen LogP contribution is -2.34. The van der Waals surface area contributed by atoms with Crippen LogP contribution in [0.25, 0.3) is 32.9 Å². The number of likely N-dealkylation sites (N-methyl/N-ethyl adjacent to an activating group) is 1. The minimum absolute atomic E-state index is 0.0481. The number of nitrogens with one attached hydrogen (secondary N) is 1. The van der Waals surface area contributed by atoms with Gasteiger partial charge >= 0.3 is 0 Å². The number of amides is 2. The minimum Gasteiger partial charge on any atom is -0.366 e. The number of aromatic amines is 1. The summed E-state index contributed by atoms with van der Waals surface area (Å²) in [6.45, 7) is 7.53. The second-order valence-electron chi connectivity index (χ2n) is 9.44. The van der Waals surface area contributed by atoms with E-state index in [0.29, 0.717) is 16.6 Å². The third kappa shape index (κ3) is 3.94. The number of nitrogens with two attached hydrogens (primary N) is 1. The van der Waals surface area contributed by atoms with Gasteiger partial charge < -0.3 is 20.5 Å². The van der Waals surface area contributed by atoms with Crippen LogP contribution in [0.3, 0.4) is 0 Å². The van der Waals surface area contributed by atoms with E-state index in [1.54, 1.807) is 0 Å². The summed E-state index contributed by atoms with van der Waals surface area (Å²) in [7, 11) is 2.09. The highest BCUT2D eigenvalue weighted by molar-refractivity contribution is 6.17. The average molecular weight is 455 g/mol. The largest absolute Gasteiger partial charge is 0.366 e. The predicted molar refractivity (Wildman–Crippen MR) is 137 cm³/mol. The molecule has 34 heavy (non-hydrogen) atoms. The van der Waals surface area contributed by atoms with E-state index in [9.17, 15) is 9.59 Å². The highest BCUT2D eigenvalue weighted by Crippen LogP contribution is 2.34. The number of hydrogen-bond donors (Lipinski definition) is 2. The van der Waals surface area contributed by atoms with Crippen molar-refractivity contribution in [1.82, 2.24) is 14.8 Å². The molecule has 4 aromatic rings. The highest BCUT2D eigenvalue weighted by atomic mass is 16.2. The van der Waals surface area contributed by atoms with E-state index in [-0.39, 0.29) is 5.91 Å². The van der Waals surface area contributed by atoms with Gasteiger partial charge in [0.25, 0.3) is 11.8 Å². The van der Waals surface area contributed by atoms with Gasteiger partial charge in [-0.05, 0) is 86.4 Å². The normalized spacial score (nSPS) is 15.1. The van der Waals surface area contributed by atoms with Crippen LogP contribution in [-0.2, 0) is 0 Å². The maximum atomic E-state index is 13.3. The summed E-state index contributed by atoms with van der Waals surface area (Å²) in [6.07, 6.45) is 0.971. The summed E-state index contributed by atoms with van der Waals surface area (Å²) >= 11 is 0. The van der Waals surface area contributed by atoms with Gasteiger partial charge in [0.2, 0.25) is 0 Å². The molecule has 2 amide bonds. The Bertz CT molecular complexity index is 1440. The summed E-state index contributed by atoms with van der Waals surface area (Å²) in [5.74, 6) is -0.431. The molecule has 6 nitrogen and oxygen atoms in total. The average Bonchev–Trinajstić information content (AvgIpc) is 3.05. The molecule has 0 bridgehead atoms. The van der Waals surface area contributed by atoms with Gasteiger partial charge in [-0.15, -0.1) is 0 Å². The van der Waals surface area contributed by atoms with Crippen LogP contribution in [-0.4, -0.2) is 59.8 Å². The SMILES string of the molecule is Cc1ccc(-c2cc(C(N)=O)c3[nH]c4ccc(C(=O)N5CCCN(C)CC5)cc4c3c2)cc1C. The Kier molecular flexibility index (Phi) is 5.62. The predicted octanol–water partition coefficient (Wildman–Crippen LogP) is 4.48. The number of nitrogens with zero attached hydrogens (tertiary/aromatic N) is 2. The molecule has 0 atom stereocenters. The quantitative estimate of drug-likeness (QED) is 0.479. The molecule has 0 aliphatic carbocycles. The molecule has 3 aromatic carbocycles. The van der Waals surface area contributed by atoms with Gasteiger partial charge in [-0.2, -0.15) is 0 Å². The molecule has 3 N–H and O–H groups in total. The van der Waals surface area contributed by atoms with E-state index in [1.807, 2.05) is 29.2 Å². The lowest BCUT2D eigenvalue weighted by molar-refractivity contribution is 0.0762. The first-order chi connectivity index (χ1) is 16.3. The zero-order valence-electron chi connectivity index (χ0n) is 19.9. The Labute approximate surface area is 199 Å². The Morgan fingerprint density at radius 2 is 1.68 bits per heavy atom. The third-order valence-corrected chi connectivity index (χ3v) is 7.07. The van der Waals surface area contributed by atoms with Crippen molar-refractivity contribution in [1.29, 1.82) is 0 Å². The standard InChI is InChI=1S/C28H30N4O2/c1-17-5-6-19(13-18(17)2)21-15-23-22-14-20(28(34)32-10-4-9-31(3)11-12-32)7-8-25(22)30-26(23)24(16-21)27(29)33/h5-8,13-16,30H,4,9-12H2,1-3H3,(H2,29,33). The van der Waals surface area contributed by atoms with Gasteiger partial charge in [-0.25, -0.2) is 0 Å². The van der Waals surface area contributed by atoms with Crippen LogP contribution in [0.1, 0.15) is 38.3 Å². The van der Waals surface area contributed by atoms with E-state index in [0.717, 1.165) is 60.0 Å². The molecule has 0 radical (unpaired) electrons.